The fourth-order valence-corrected chi connectivity index (χ4v) is 2.70. The lowest BCUT2D eigenvalue weighted by atomic mass is 10.2. The predicted molar refractivity (Wildman–Crippen MR) is 102 cm³/mol. The van der Waals surface area contributed by atoms with Crippen LogP contribution in [0.1, 0.15) is 10.4 Å². The summed E-state index contributed by atoms with van der Waals surface area (Å²) in [4.78, 5) is 12.4. The number of carbonyl (C=O) groups is 1. The molecular formula is C20H15ClN2O3. The van der Waals surface area contributed by atoms with Gasteiger partial charge in [0.05, 0.1) is 0 Å². The minimum Gasteiger partial charge on any atom is -0.454 e. The van der Waals surface area contributed by atoms with Gasteiger partial charge in [-0.25, -0.2) is 0 Å². The topological polar surface area (TPSA) is 59.6 Å². The van der Waals surface area contributed by atoms with Gasteiger partial charge in [0, 0.05) is 27.6 Å². The molecule has 1 aliphatic heterocycles. The average Bonchev–Trinajstić information content (AvgIpc) is 3.13. The van der Waals surface area contributed by atoms with Gasteiger partial charge in [0.2, 0.25) is 6.79 Å². The molecule has 0 saturated heterocycles. The van der Waals surface area contributed by atoms with Crippen LogP contribution in [0.5, 0.6) is 11.5 Å². The number of fused-ring (bicyclic) bond motifs is 1. The normalized spacial score (nSPS) is 11.9. The summed E-state index contributed by atoms with van der Waals surface area (Å²) in [6, 6.07) is 20.0. The lowest BCUT2D eigenvalue weighted by molar-refractivity contribution is 0.102. The molecule has 3 aromatic carbocycles. The maximum atomic E-state index is 12.4. The summed E-state index contributed by atoms with van der Waals surface area (Å²) < 4.78 is 10.6. The van der Waals surface area contributed by atoms with Crippen molar-refractivity contribution in [1.82, 2.24) is 0 Å². The van der Waals surface area contributed by atoms with Crippen molar-refractivity contribution in [2.45, 2.75) is 0 Å². The molecule has 0 atom stereocenters. The Bertz CT molecular complexity index is 940. The summed E-state index contributed by atoms with van der Waals surface area (Å²) in [7, 11) is 0. The highest BCUT2D eigenvalue weighted by Crippen LogP contribution is 2.32. The third-order valence-corrected chi connectivity index (χ3v) is 4.16. The smallest absolute Gasteiger partial charge is 0.255 e. The summed E-state index contributed by atoms with van der Waals surface area (Å²) in [5.74, 6) is 1.03. The molecular weight excluding hydrogens is 352 g/mol. The summed E-state index contributed by atoms with van der Waals surface area (Å²) in [6.45, 7) is 0.183. The van der Waals surface area contributed by atoms with E-state index in [4.69, 9.17) is 21.1 Å². The van der Waals surface area contributed by atoms with Crippen molar-refractivity contribution in [3.8, 4) is 11.5 Å². The van der Waals surface area contributed by atoms with Crippen LogP contribution in [0.15, 0.2) is 66.7 Å². The number of carbonyl (C=O) groups excluding carboxylic acids is 1. The van der Waals surface area contributed by atoms with Crippen molar-refractivity contribution in [2.75, 3.05) is 17.4 Å². The Balaban J connectivity index is 1.42. The number of ether oxygens (including phenoxy) is 2. The maximum Gasteiger partial charge on any atom is 0.255 e. The molecule has 1 aliphatic rings. The summed E-state index contributed by atoms with van der Waals surface area (Å²) >= 11 is 5.88. The van der Waals surface area contributed by atoms with Gasteiger partial charge in [-0.3, -0.25) is 4.79 Å². The lowest BCUT2D eigenvalue weighted by Gasteiger charge is -2.09. The Morgan fingerprint density at radius 2 is 1.42 bits per heavy atom. The number of halogens is 1. The molecule has 1 heterocycles. The Labute approximate surface area is 155 Å². The van der Waals surface area contributed by atoms with Crippen LogP contribution in [0.2, 0.25) is 5.02 Å². The fourth-order valence-electron chi connectivity index (χ4n) is 2.58. The summed E-state index contributed by atoms with van der Waals surface area (Å²) in [6.07, 6.45) is 0. The summed E-state index contributed by atoms with van der Waals surface area (Å²) in [5, 5.41) is 6.83. The van der Waals surface area contributed by atoms with Crippen LogP contribution >= 0.6 is 11.6 Å². The molecule has 0 unspecified atom stereocenters. The Morgan fingerprint density at radius 1 is 0.808 bits per heavy atom. The monoisotopic (exact) mass is 366 g/mol. The van der Waals surface area contributed by atoms with Crippen LogP contribution in [0.4, 0.5) is 17.1 Å². The zero-order valence-corrected chi connectivity index (χ0v) is 14.4. The minimum absolute atomic E-state index is 0.183. The van der Waals surface area contributed by atoms with E-state index >= 15 is 0 Å². The number of rotatable bonds is 4. The van der Waals surface area contributed by atoms with Gasteiger partial charge in [-0.15, -0.1) is 0 Å². The van der Waals surface area contributed by atoms with E-state index in [1.54, 1.807) is 18.2 Å². The number of nitrogens with one attached hydrogen (secondary N) is 2. The van der Waals surface area contributed by atoms with Crippen LogP contribution in [-0.4, -0.2) is 12.7 Å². The molecule has 0 aliphatic carbocycles. The van der Waals surface area contributed by atoms with E-state index in [0.29, 0.717) is 27.8 Å². The van der Waals surface area contributed by atoms with Gasteiger partial charge in [0.25, 0.3) is 5.91 Å². The first-order chi connectivity index (χ1) is 12.7. The molecule has 3 aromatic rings. The molecule has 0 saturated carbocycles. The van der Waals surface area contributed by atoms with Gasteiger partial charge in [-0.1, -0.05) is 11.6 Å². The van der Waals surface area contributed by atoms with Crippen molar-refractivity contribution in [2.24, 2.45) is 0 Å². The second kappa shape index (κ2) is 6.98. The van der Waals surface area contributed by atoms with Crippen LogP contribution in [0.25, 0.3) is 0 Å². The molecule has 5 nitrogen and oxygen atoms in total. The third kappa shape index (κ3) is 3.58. The Morgan fingerprint density at radius 3 is 2.15 bits per heavy atom. The molecule has 0 spiro atoms. The molecule has 0 bridgehead atoms. The summed E-state index contributed by atoms with van der Waals surface area (Å²) in [5.41, 5.74) is 3.06. The van der Waals surface area contributed by atoms with Gasteiger partial charge in [-0.2, -0.15) is 0 Å². The highest BCUT2D eigenvalue weighted by molar-refractivity contribution is 6.30. The van der Waals surface area contributed by atoms with E-state index in [9.17, 15) is 4.79 Å². The third-order valence-electron chi connectivity index (χ3n) is 3.91. The van der Waals surface area contributed by atoms with Gasteiger partial charge >= 0.3 is 0 Å². The van der Waals surface area contributed by atoms with Crippen molar-refractivity contribution in [3.05, 3.63) is 77.3 Å². The molecule has 2 N–H and O–H groups in total. The molecule has 0 radical (unpaired) electrons. The van der Waals surface area contributed by atoms with Crippen molar-refractivity contribution >= 4 is 34.6 Å². The van der Waals surface area contributed by atoms with Gasteiger partial charge < -0.3 is 20.1 Å². The van der Waals surface area contributed by atoms with E-state index in [1.165, 1.54) is 0 Å². The molecule has 26 heavy (non-hydrogen) atoms. The second-order valence-electron chi connectivity index (χ2n) is 5.73. The van der Waals surface area contributed by atoms with Crippen molar-refractivity contribution in [3.63, 3.8) is 0 Å². The van der Waals surface area contributed by atoms with Gasteiger partial charge in [0.15, 0.2) is 11.5 Å². The zero-order valence-electron chi connectivity index (χ0n) is 13.7. The second-order valence-corrected chi connectivity index (χ2v) is 6.17. The molecule has 4 rings (SSSR count). The molecule has 1 amide bonds. The van der Waals surface area contributed by atoms with Crippen LogP contribution in [0, 0.1) is 0 Å². The van der Waals surface area contributed by atoms with E-state index in [0.717, 1.165) is 11.4 Å². The number of hydrogen-bond acceptors (Lipinski definition) is 4. The first kappa shape index (κ1) is 16.3. The number of amides is 1. The van der Waals surface area contributed by atoms with Gasteiger partial charge in [-0.05, 0) is 66.7 Å². The molecule has 130 valence electrons. The fraction of sp³-hybridized carbons (Fsp3) is 0.0500. The first-order valence-electron chi connectivity index (χ1n) is 8.01. The first-order valence-corrected chi connectivity index (χ1v) is 8.39. The SMILES string of the molecule is O=C(Nc1ccc(Nc2ccc(Cl)cc2)cc1)c1ccc2c(c1)OCO2. The van der Waals surface area contributed by atoms with Crippen molar-refractivity contribution in [1.29, 1.82) is 0 Å². The molecule has 0 fully saturated rings. The number of hydrogen-bond donors (Lipinski definition) is 2. The number of benzene rings is 3. The lowest BCUT2D eigenvalue weighted by Crippen LogP contribution is -2.11. The van der Waals surface area contributed by atoms with E-state index in [-0.39, 0.29) is 12.7 Å². The Kier molecular flexibility index (Phi) is 4.37. The van der Waals surface area contributed by atoms with E-state index in [2.05, 4.69) is 10.6 Å². The molecule has 6 heteroatoms. The Hall–Kier alpha value is -3.18. The largest absolute Gasteiger partial charge is 0.454 e. The molecule has 0 aromatic heterocycles. The van der Waals surface area contributed by atoms with E-state index in [1.807, 2.05) is 48.5 Å². The average molecular weight is 367 g/mol. The predicted octanol–water partition coefficient (Wildman–Crippen LogP) is 5.06. The minimum atomic E-state index is -0.207. The zero-order chi connectivity index (χ0) is 17.9. The van der Waals surface area contributed by atoms with Gasteiger partial charge in [0.1, 0.15) is 0 Å². The maximum absolute atomic E-state index is 12.4. The standard InChI is InChI=1S/C20H15ClN2O3/c21-14-2-4-15(5-3-14)22-16-6-8-17(9-7-16)23-20(24)13-1-10-18-19(11-13)26-12-25-18/h1-11,22H,12H2,(H,23,24). The van der Waals surface area contributed by atoms with E-state index < -0.39 is 0 Å². The quantitative estimate of drug-likeness (QED) is 0.677. The van der Waals surface area contributed by atoms with Crippen LogP contribution < -0.4 is 20.1 Å². The van der Waals surface area contributed by atoms with Crippen LogP contribution in [0.3, 0.4) is 0 Å². The van der Waals surface area contributed by atoms with Crippen molar-refractivity contribution < 1.29 is 14.3 Å². The number of anilines is 3. The van der Waals surface area contributed by atoms with Crippen LogP contribution in [-0.2, 0) is 0 Å². The highest BCUT2D eigenvalue weighted by Gasteiger charge is 2.16. The highest BCUT2D eigenvalue weighted by atomic mass is 35.5.